The van der Waals surface area contributed by atoms with Crippen LogP contribution in [-0.2, 0) is 4.79 Å². The lowest BCUT2D eigenvalue weighted by atomic mass is 10.1. The van der Waals surface area contributed by atoms with Crippen LogP contribution >= 0.6 is 11.8 Å². The number of halogens is 2. The molecular weight excluding hydrogens is 246 g/mol. The summed E-state index contributed by atoms with van der Waals surface area (Å²) in [4.78, 5) is 11.4. The monoisotopic (exact) mass is 268 g/mol. The number of aliphatic hydroxyl groups is 1. The zero-order valence-electron chi connectivity index (χ0n) is 10.9. The molecule has 0 rings (SSSR count). The Kier molecular flexibility index (Phi) is 6.62. The van der Waals surface area contributed by atoms with E-state index in [2.05, 4.69) is 0 Å². The van der Waals surface area contributed by atoms with Crippen LogP contribution < -0.4 is 0 Å². The zero-order valence-corrected chi connectivity index (χ0v) is 11.7. The number of carbonyl (C=O) groups is 1. The first-order valence-corrected chi connectivity index (χ1v) is 6.72. The van der Waals surface area contributed by atoms with Crippen LogP contribution in [0.25, 0.3) is 0 Å². The van der Waals surface area contributed by atoms with Gasteiger partial charge in [0.1, 0.15) is 6.10 Å². The van der Waals surface area contributed by atoms with E-state index in [9.17, 15) is 18.7 Å². The predicted molar refractivity (Wildman–Crippen MR) is 67.4 cm³/mol. The van der Waals surface area contributed by atoms with Gasteiger partial charge in [0.05, 0.1) is 0 Å². The Hall–Kier alpha value is -0.160. The van der Waals surface area contributed by atoms with Crippen LogP contribution in [0.2, 0.25) is 0 Å². The van der Waals surface area contributed by atoms with Gasteiger partial charge < -0.3 is 5.11 Å². The largest absolute Gasteiger partial charge is 0.386 e. The lowest BCUT2D eigenvalue weighted by molar-refractivity contribution is -0.151. The number of thioether (sulfide) groups is 1. The summed E-state index contributed by atoms with van der Waals surface area (Å²) in [5.41, 5.74) is 0. The molecule has 0 amide bonds. The van der Waals surface area contributed by atoms with E-state index < -0.39 is 21.9 Å². The lowest BCUT2D eigenvalue weighted by Crippen LogP contribution is -2.41. The smallest absolute Gasteiger partial charge is 0.340 e. The Bertz CT molecular complexity index is 249. The van der Waals surface area contributed by atoms with Crippen LogP contribution in [-0.4, -0.2) is 27.0 Å². The van der Waals surface area contributed by atoms with E-state index in [0.29, 0.717) is 18.2 Å². The van der Waals surface area contributed by atoms with Gasteiger partial charge in [-0.1, -0.05) is 58.7 Å². The SMILES string of the molecule is CCCCCC(O)C(F)(F)C(=O)SC(C)(C)C. The molecule has 0 aromatic rings. The van der Waals surface area contributed by atoms with E-state index in [0.717, 1.165) is 12.8 Å². The fourth-order valence-electron chi connectivity index (χ4n) is 1.25. The molecule has 0 fully saturated rings. The summed E-state index contributed by atoms with van der Waals surface area (Å²) in [6.07, 6.45) is 0.297. The molecule has 5 heteroatoms. The van der Waals surface area contributed by atoms with Gasteiger partial charge in [0, 0.05) is 4.75 Å². The number of hydrogen-bond acceptors (Lipinski definition) is 3. The molecule has 1 N–H and O–H groups in total. The Morgan fingerprint density at radius 3 is 2.24 bits per heavy atom. The highest BCUT2D eigenvalue weighted by molar-refractivity contribution is 8.14. The van der Waals surface area contributed by atoms with E-state index in [-0.39, 0.29) is 6.42 Å². The van der Waals surface area contributed by atoms with Crippen LogP contribution in [0.4, 0.5) is 8.78 Å². The fourth-order valence-corrected chi connectivity index (χ4v) is 2.08. The summed E-state index contributed by atoms with van der Waals surface area (Å²) in [7, 11) is 0. The van der Waals surface area contributed by atoms with Crippen molar-refractivity contribution in [2.75, 3.05) is 0 Å². The van der Waals surface area contributed by atoms with Crippen molar-refractivity contribution in [2.24, 2.45) is 0 Å². The van der Waals surface area contributed by atoms with Gasteiger partial charge in [-0.15, -0.1) is 0 Å². The molecule has 1 atom stereocenters. The molecule has 17 heavy (non-hydrogen) atoms. The third-order valence-corrected chi connectivity index (χ3v) is 3.24. The predicted octanol–water partition coefficient (Wildman–Crippen LogP) is 3.62. The molecule has 1 unspecified atom stereocenters. The number of aliphatic hydroxyl groups excluding tert-OH is 1. The van der Waals surface area contributed by atoms with Crippen LogP contribution in [0.5, 0.6) is 0 Å². The molecule has 0 radical (unpaired) electrons. The molecule has 0 aliphatic carbocycles. The Balaban J connectivity index is 4.38. The number of hydrogen-bond donors (Lipinski definition) is 1. The van der Waals surface area contributed by atoms with E-state index in [1.54, 1.807) is 20.8 Å². The summed E-state index contributed by atoms with van der Waals surface area (Å²) < 4.78 is 26.5. The summed E-state index contributed by atoms with van der Waals surface area (Å²) in [5, 5.41) is 8.15. The maximum Gasteiger partial charge on any atom is 0.340 e. The Morgan fingerprint density at radius 2 is 1.82 bits per heavy atom. The van der Waals surface area contributed by atoms with Crippen LogP contribution in [0, 0.1) is 0 Å². The molecular formula is C12H22F2O2S. The minimum atomic E-state index is -3.65. The second-order valence-corrected chi connectivity index (χ2v) is 6.94. The summed E-state index contributed by atoms with van der Waals surface area (Å²) in [6, 6.07) is 0. The zero-order chi connectivity index (χ0) is 13.7. The number of carbonyl (C=O) groups excluding carboxylic acids is 1. The molecule has 102 valence electrons. The first-order valence-electron chi connectivity index (χ1n) is 5.90. The highest BCUT2D eigenvalue weighted by Crippen LogP contribution is 2.34. The molecule has 0 bridgehead atoms. The molecule has 0 aromatic carbocycles. The van der Waals surface area contributed by atoms with Crippen LogP contribution in [0.3, 0.4) is 0 Å². The van der Waals surface area contributed by atoms with Crippen LogP contribution in [0.1, 0.15) is 53.4 Å². The number of unbranched alkanes of at least 4 members (excludes halogenated alkanes) is 2. The first kappa shape index (κ1) is 16.8. The highest BCUT2D eigenvalue weighted by Gasteiger charge is 2.47. The van der Waals surface area contributed by atoms with Crippen molar-refractivity contribution in [2.45, 2.75) is 70.2 Å². The topological polar surface area (TPSA) is 37.3 Å². The summed E-state index contributed by atoms with van der Waals surface area (Å²) in [5.74, 6) is -3.65. The van der Waals surface area contributed by atoms with Crippen molar-refractivity contribution in [3.8, 4) is 0 Å². The molecule has 2 nitrogen and oxygen atoms in total. The third-order valence-electron chi connectivity index (χ3n) is 2.17. The Labute approximate surface area is 106 Å². The number of rotatable bonds is 6. The number of alkyl halides is 2. The second-order valence-electron chi connectivity index (χ2n) is 5.14. The quantitative estimate of drug-likeness (QED) is 0.748. The van der Waals surface area contributed by atoms with E-state index in [1.165, 1.54) is 0 Å². The van der Waals surface area contributed by atoms with Crippen molar-refractivity contribution in [1.29, 1.82) is 0 Å². The molecule has 0 aromatic heterocycles. The minimum Gasteiger partial charge on any atom is -0.386 e. The molecule has 0 aliphatic rings. The van der Waals surface area contributed by atoms with Gasteiger partial charge in [0.25, 0.3) is 5.12 Å². The van der Waals surface area contributed by atoms with Gasteiger partial charge in [-0.05, 0) is 6.42 Å². The minimum absolute atomic E-state index is 0.0305. The van der Waals surface area contributed by atoms with Crippen LogP contribution in [0.15, 0.2) is 0 Å². The maximum absolute atomic E-state index is 13.5. The second kappa shape index (κ2) is 6.69. The van der Waals surface area contributed by atoms with E-state index in [4.69, 9.17) is 0 Å². The van der Waals surface area contributed by atoms with Gasteiger partial charge in [-0.2, -0.15) is 8.78 Å². The van der Waals surface area contributed by atoms with Gasteiger partial charge in [-0.3, -0.25) is 4.79 Å². The van der Waals surface area contributed by atoms with Gasteiger partial charge in [-0.25, -0.2) is 0 Å². The van der Waals surface area contributed by atoms with Gasteiger partial charge in [0.15, 0.2) is 0 Å². The van der Waals surface area contributed by atoms with Crippen molar-refractivity contribution in [3.63, 3.8) is 0 Å². The van der Waals surface area contributed by atoms with Crippen molar-refractivity contribution in [1.82, 2.24) is 0 Å². The maximum atomic E-state index is 13.5. The van der Waals surface area contributed by atoms with Crippen molar-refractivity contribution in [3.05, 3.63) is 0 Å². The normalized spacial score (nSPS) is 14.8. The molecule has 0 aliphatic heterocycles. The van der Waals surface area contributed by atoms with E-state index in [1.807, 2.05) is 6.92 Å². The highest BCUT2D eigenvalue weighted by atomic mass is 32.2. The van der Waals surface area contributed by atoms with Crippen molar-refractivity contribution < 1.29 is 18.7 Å². The molecule has 0 saturated heterocycles. The summed E-state index contributed by atoms with van der Waals surface area (Å²) in [6.45, 7) is 7.02. The first-order chi connectivity index (χ1) is 7.61. The fraction of sp³-hybridized carbons (Fsp3) is 0.917. The molecule has 0 spiro atoms. The standard InChI is InChI=1S/C12H22F2O2S/c1-5-6-7-8-9(15)12(13,14)10(16)17-11(2,3)4/h9,15H,5-8H2,1-4H3. The average Bonchev–Trinajstić information content (AvgIpc) is 2.15. The third kappa shape index (κ3) is 6.36. The lowest BCUT2D eigenvalue weighted by Gasteiger charge is -2.24. The van der Waals surface area contributed by atoms with E-state index >= 15 is 0 Å². The molecule has 0 saturated carbocycles. The van der Waals surface area contributed by atoms with Gasteiger partial charge >= 0.3 is 5.92 Å². The summed E-state index contributed by atoms with van der Waals surface area (Å²) >= 11 is 0.582. The molecule has 0 heterocycles. The van der Waals surface area contributed by atoms with Crippen molar-refractivity contribution >= 4 is 16.9 Å². The Morgan fingerprint density at radius 1 is 1.29 bits per heavy atom. The average molecular weight is 268 g/mol. The van der Waals surface area contributed by atoms with Gasteiger partial charge in [0.2, 0.25) is 0 Å².